The van der Waals surface area contributed by atoms with Crippen molar-refractivity contribution in [1.29, 1.82) is 0 Å². The molecule has 5 heteroatoms. The normalized spacial score (nSPS) is 10.4. The summed E-state index contributed by atoms with van der Waals surface area (Å²) < 4.78 is 5.37. The monoisotopic (exact) mass is 349 g/mol. The lowest BCUT2D eigenvalue weighted by Gasteiger charge is -2.21. The smallest absolute Gasteiger partial charge is 0.363 e. The molecule has 0 atom stereocenters. The molecule has 0 saturated heterocycles. The highest BCUT2D eigenvalue weighted by Gasteiger charge is 2.25. The van der Waals surface area contributed by atoms with Crippen LogP contribution in [0, 0.1) is 0 Å². The Bertz CT molecular complexity index is 937. The number of carbonyl (C=O) groups is 2. The van der Waals surface area contributed by atoms with Crippen LogP contribution in [-0.4, -0.2) is 30.6 Å². The van der Waals surface area contributed by atoms with Gasteiger partial charge in [-0.3, -0.25) is 4.79 Å². The Labute approximate surface area is 151 Å². The van der Waals surface area contributed by atoms with Gasteiger partial charge in [0.25, 0.3) is 5.91 Å². The minimum absolute atomic E-state index is 0.212. The maximum Gasteiger partial charge on any atom is 0.363 e. The number of methoxy groups -OCH3 is 1. The van der Waals surface area contributed by atoms with Crippen molar-refractivity contribution < 1.29 is 19.2 Å². The molecule has 1 amide bonds. The molecular weight excluding hydrogens is 330 g/mol. The van der Waals surface area contributed by atoms with E-state index in [0.717, 1.165) is 15.8 Å². The van der Waals surface area contributed by atoms with Crippen molar-refractivity contribution in [2.24, 2.45) is 0 Å². The lowest BCUT2D eigenvalue weighted by atomic mass is 10.0. The molecule has 132 valence electrons. The molecule has 0 radical (unpaired) electrons. The molecule has 0 aromatic heterocycles. The molecule has 0 bridgehead atoms. The Morgan fingerprint density at radius 3 is 2.31 bits per heavy atom. The van der Waals surface area contributed by atoms with Crippen molar-refractivity contribution in [1.82, 2.24) is 5.06 Å². The second-order valence-electron chi connectivity index (χ2n) is 5.61. The van der Waals surface area contributed by atoms with E-state index in [-0.39, 0.29) is 6.54 Å². The van der Waals surface area contributed by atoms with Crippen LogP contribution in [0.4, 0.5) is 0 Å². The molecule has 0 aliphatic heterocycles. The van der Waals surface area contributed by atoms with E-state index in [9.17, 15) is 9.59 Å². The molecule has 3 rings (SSSR count). The van der Waals surface area contributed by atoms with Gasteiger partial charge in [0, 0.05) is 0 Å². The second kappa shape index (κ2) is 7.70. The Balaban J connectivity index is 1.96. The summed E-state index contributed by atoms with van der Waals surface area (Å²) in [6, 6.07) is 19.7. The fourth-order valence-corrected chi connectivity index (χ4v) is 2.74. The molecule has 0 fully saturated rings. The number of nitrogens with zero attached hydrogens (tertiary/aromatic N) is 1. The minimum Gasteiger partial charge on any atom is -0.496 e. The maximum atomic E-state index is 13.1. The number of hydroxylamine groups is 2. The standard InChI is InChI=1S/C21H19NO4/c1-3-22(26-21(24)16-10-5-4-6-11-16)20(23)19-17-12-8-7-9-15(17)13-14-18(19)25-2/h4-14H,3H2,1-2H3. The Hall–Kier alpha value is -3.34. The average molecular weight is 349 g/mol. The van der Waals surface area contributed by atoms with Gasteiger partial charge < -0.3 is 9.57 Å². The topological polar surface area (TPSA) is 55.8 Å². The van der Waals surface area contributed by atoms with E-state index in [2.05, 4.69) is 0 Å². The quantitative estimate of drug-likeness (QED) is 0.666. The predicted molar refractivity (Wildman–Crippen MR) is 99.1 cm³/mol. The molecule has 0 aliphatic carbocycles. The highest BCUT2D eigenvalue weighted by molar-refractivity contribution is 6.09. The summed E-state index contributed by atoms with van der Waals surface area (Å²) in [5, 5.41) is 2.70. The Morgan fingerprint density at radius 2 is 1.62 bits per heavy atom. The van der Waals surface area contributed by atoms with Crippen LogP contribution in [-0.2, 0) is 4.84 Å². The van der Waals surface area contributed by atoms with Crippen molar-refractivity contribution in [3.8, 4) is 5.75 Å². The van der Waals surface area contributed by atoms with Crippen molar-refractivity contribution in [2.75, 3.05) is 13.7 Å². The van der Waals surface area contributed by atoms with E-state index in [4.69, 9.17) is 9.57 Å². The van der Waals surface area contributed by atoms with E-state index < -0.39 is 11.9 Å². The van der Waals surface area contributed by atoms with Crippen molar-refractivity contribution in [2.45, 2.75) is 6.92 Å². The number of amides is 1. The molecular formula is C21H19NO4. The van der Waals surface area contributed by atoms with Gasteiger partial charge in [0.2, 0.25) is 0 Å². The van der Waals surface area contributed by atoms with Gasteiger partial charge in [0.05, 0.1) is 24.8 Å². The maximum absolute atomic E-state index is 13.1. The number of hydrogen-bond donors (Lipinski definition) is 0. The molecule has 0 spiro atoms. The third-order valence-corrected chi connectivity index (χ3v) is 4.04. The lowest BCUT2D eigenvalue weighted by molar-refractivity contribution is -0.0786. The number of carbonyl (C=O) groups excluding carboxylic acids is 2. The second-order valence-corrected chi connectivity index (χ2v) is 5.61. The van der Waals surface area contributed by atoms with Gasteiger partial charge in [-0.15, -0.1) is 0 Å². The van der Waals surface area contributed by atoms with Crippen molar-refractivity contribution in [3.63, 3.8) is 0 Å². The van der Waals surface area contributed by atoms with Gasteiger partial charge in [-0.1, -0.05) is 48.5 Å². The van der Waals surface area contributed by atoms with Crippen LogP contribution in [0.1, 0.15) is 27.6 Å². The highest BCUT2D eigenvalue weighted by Crippen LogP contribution is 2.29. The first-order valence-corrected chi connectivity index (χ1v) is 8.30. The van der Waals surface area contributed by atoms with Gasteiger partial charge in [-0.2, -0.15) is 5.06 Å². The summed E-state index contributed by atoms with van der Waals surface area (Å²) in [6.07, 6.45) is 0. The zero-order chi connectivity index (χ0) is 18.5. The molecule has 0 aliphatic rings. The summed E-state index contributed by atoms with van der Waals surface area (Å²) in [4.78, 5) is 30.8. The molecule has 0 unspecified atom stereocenters. The molecule has 5 nitrogen and oxygen atoms in total. The van der Waals surface area contributed by atoms with Gasteiger partial charge in [-0.25, -0.2) is 4.79 Å². The SMILES string of the molecule is CCN(OC(=O)c1ccccc1)C(=O)c1c(OC)ccc2ccccc12. The number of ether oxygens (including phenoxy) is 1. The van der Waals surface area contributed by atoms with E-state index in [0.29, 0.717) is 16.9 Å². The van der Waals surface area contributed by atoms with Crippen LogP contribution in [0.25, 0.3) is 10.8 Å². The molecule has 3 aromatic rings. The first-order valence-electron chi connectivity index (χ1n) is 8.30. The van der Waals surface area contributed by atoms with Gasteiger partial charge in [0.1, 0.15) is 5.75 Å². The zero-order valence-electron chi connectivity index (χ0n) is 14.6. The minimum atomic E-state index is -0.583. The van der Waals surface area contributed by atoms with Crippen LogP contribution in [0.2, 0.25) is 0 Å². The number of hydrogen-bond acceptors (Lipinski definition) is 4. The molecule has 3 aromatic carbocycles. The van der Waals surface area contributed by atoms with E-state index in [1.54, 1.807) is 43.3 Å². The third-order valence-electron chi connectivity index (χ3n) is 4.04. The van der Waals surface area contributed by atoms with Crippen LogP contribution in [0.15, 0.2) is 66.7 Å². The van der Waals surface area contributed by atoms with E-state index in [1.807, 2.05) is 30.3 Å². The molecule has 0 saturated carbocycles. The van der Waals surface area contributed by atoms with Crippen LogP contribution in [0.5, 0.6) is 5.75 Å². The van der Waals surface area contributed by atoms with Crippen LogP contribution < -0.4 is 4.74 Å². The van der Waals surface area contributed by atoms with Gasteiger partial charge in [-0.05, 0) is 35.9 Å². The first kappa shape index (κ1) is 17.5. The first-order chi connectivity index (χ1) is 12.7. The average Bonchev–Trinajstić information content (AvgIpc) is 2.71. The fourth-order valence-electron chi connectivity index (χ4n) is 2.74. The summed E-state index contributed by atoms with van der Waals surface area (Å²) in [5.41, 5.74) is 0.747. The van der Waals surface area contributed by atoms with E-state index >= 15 is 0 Å². The number of fused-ring (bicyclic) bond motifs is 1. The number of benzene rings is 3. The molecule has 26 heavy (non-hydrogen) atoms. The Kier molecular flexibility index (Phi) is 5.17. The largest absolute Gasteiger partial charge is 0.496 e. The summed E-state index contributed by atoms with van der Waals surface area (Å²) >= 11 is 0. The lowest BCUT2D eigenvalue weighted by Crippen LogP contribution is -2.34. The zero-order valence-corrected chi connectivity index (χ0v) is 14.6. The van der Waals surface area contributed by atoms with Gasteiger partial charge >= 0.3 is 5.97 Å². The summed E-state index contributed by atoms with van der Waals surface area (Å²) in [5.74, 6) is -0.576. The summed E-state index contributed by atoms with van der Waals surface area (Å²) in [6.45, 7) is 1.96. The molecule has 0 N–H and O–H groups in total. The fraction of sp³-hybridized carbons (Fsp3) is 0.143. The number of rotatable bonds is 4. The molecule has 0 heterocycles. The van der Waals surface area contributed by atoms with Gasteiger partial charge in [0.15, 0.2) is 0 Å². The van der Waals surface area contributed by atoms with Crippen molar-refractivity contribution >= 4 is 22.6 Å². The predicted octanol–water partition coefficient (Wildman–Crippen LogP) is 4.08. The third kappa shape index (κ3) is 3.37. The Morgan fingerprint density at radius 1 is 0.923 bits per heavy atom. The summed E-state index contributed by atoms with van der Waals surface area (Å²) in [7, 11) is 1.51. The van der Waals surface area contributed by atoms with E-state index in [1.165, 1.54) is 7.11 Å². The highest BCUT2D eigenvalue weighted by atomic mass is 16.7. The van der Waals surface area contributed by atoms with Crippen LogP contribution in [0.3, 0.4) is 0 Å². The van der Waals surface area contributed by atoms with Crippen LogP contribution >= 0.6 is 0 Å². The van der Waals surface area contributed by atoms with Crippen molar-refractivity contribution in [3.05, 3.63) is 77.9 Å².